The molecule has 1 N–H and O–H groups in total. The van der Waals surface area contributed by atoms with Crippen molar-refractivity contribution in [1.82, 2.24) is 0 Å². The lowest BCUT2D eigenvalue weighted by Crippen LogP contribution is -2.12. The van der Waals surface area contributed by atoms with Crippen molar-refractivity contribution in [2.24, 2.45) is 0 Å². The molecule has 0 aliphatic rings. The third-order valence-corrected chi connectivity index (χ3v) is 2.99. The van der Waals surface area contributed by atoms with Crippen molar-refractivity contribution in [3.8, 4) is 0 Å². The van der Waals surface area contributed by atoms with E-state index >= 15 is 0 Å². The van der Waals surface area contributed by atoms with Gasteiger partial charge in [0.25, 0.3) is 0 Å². The summed E-state index contributed by atoms with van der Waals surface area (Å²) in [5.41, 5.74) is 3.58. The van der Waals surface area contributed by atoms with Crippen molar-refractivity contribution < 1.29 is 9.50 Å². The highest BCUT2D eigenvalue weighted by Crippen LogP contribution is 2.27. The molecule has 0 aromatic heterocycles. The first-order valence-corrected chi connectivity index (χ1v) is 5.81. The highest BCUT2D eigenvalue weighted by atomic mass is 19.1. The Hall–Kier alpha value is -1.87. The number of anilines is 2. The lowest BCUT2D eigenvalue weighted by atomic mass is 10.1. The van der Waals surface area contributed by atoms with E-state index in [0.717, 1.165) is 11.4 Å². The molecule has 0 heterocycles. The zero-order chi connectivity index (χ0) is 13.1. The molecule has 0 saturated heterocycles. The maximum atomic E-state index is 13.1. The van der Waals surface area contributed by atoms with Crippen LogP contribution in [0.5, 0.6) is 0 Å². The molecule has 2 aromatic carbocycles. The minimum atomic E-state index is -0.333. The van der Waals surface area contributed by atoms with Gasteiger partial charge in [-0.15, -0.1) is 0 Å². The second-order valence-electron chi connectivity index (χ2n) is 4.33. The van der Waals surface area contributed by atoms with E-state index in [1.165, 1.54) is 17.7 Å². The van der Waals surface area contributed by atoms with Gasteiger partial charge in [0.15, 0.2) is 0 Å². The van der Waals surface area contributed by atoms with Crippen molar-refractivity contribution in [3.05, 3.63) is 59.4 Å². The summed E-state index contributed by atoms with van der Waals surface area (Å²) in [6, 6.07) is 12.5. The van der Waals surface area contributed by atoms with E-state index in [-0.39, 0.29) is 12.4 Å². The molecular formula is C15H16FNO. The first-order valence-electron chi connectivity index (χ1n) is 5.81. The van der Waals surface area contributed by atoms with Gasteiger partial charge < -0.3 is 10.0 Å². The molecule has 0 unspecified atom stereocenters. The van der Waals surface area contributed by atoms with Gasteiger partial charge in [0.05, 0.1) is 6.61 Å². The fourth-order valence-corrected chi connectivity index (χ4v) is 1.92. The molecule has 0 radical (unpaired) electrons. The Morgan fingerprint density at radius 1 is 1.11 bits per heavy atom. The van der Waals surface area contributed by atoms with E-state index in [2.05, 4.69) is 0 Å². The van der Waals surface area contributed by atoms with Crippen LogP contribution >= 0.6 is 0 Å². The van der Waals surface area contributed by atoms with Crippen LogP contribution in [0.15, 0.2) is 42.5 Å². The topological polar surface area (TPSA) is 23.5 Å². The number of rotatable bonds is 3. The molecule has 0 amide bonds. The monoisotopic (exact) mass is 245 g/mol. The minimum absolute atomic E-state index is 0.177. The molecule has 2 rings (SSSR count). The molecule has 0 spiro atoms. The average Bonchev–Trinajstić information content (AvgIpc) is 2.38. The Morgan fingerprint density at radius 3 is 2.39 bits per heavy atom. The maximum Gasteiger partial charge on any atom is 0.123 e. The molecule has 0 aliphatic heterocycles. The molecule has 0 atom stereocenters. The molecule has 0 aliphatic carbocycles. The first-order chi connectivity index (χ1) is 8.61. The lowest BCUT2D eigenvalue weighted by molar-refractivity contribution is 0.281. The van der Waals surface area contributed by atoms with Gasteiger partial charge in [-0.3, -0.25) is 0 Å². The fourth-order valence-electron chi connectivity index (χ4n) is 1.92. The fraction of sp³-hybridized carbons (Fsp3) is 0.200. The van der Waals surface area contributed by atoms with Crippen LogP contribution in [0.25, 0.3) is 0 Å². The number of hydrogen-bond donors (Lipinski definition) is 1. The average molecular weight is 245 g/mol. The number of aliphatic hydroxyl groups excluding tert-OH is 1. The Balaban J connectivity index is 2.39. The van der Waals surface area contributed by atoms with E-state index in [9.17, 15) is 9.50 Å². The van der Waals surface area contributed by atoms with Gasteiger partial charge in [0.1, 0.15) is 5.82 Å². The zero-order valence-corrected chi connectivity index (χ0v) is 10.5. The van der Waals surface area contributed by atoms with E-state index in [0.29, 0.717) is 5.56 Å². The third-order valence-electron chi connectivity index (χ3n) is 2.99. The zero-order valence-electron chi connectivity index (χ0n) is 10.5. The number of aliphatic hydroxyl groups is 1. The molecule has 0 saturated carbocycles. The largest absolute Gasteiger partial charge is 0.392 e. The molecule has 0 fully saturated rings. The summed E-state index contributed by atoms with van der Waals surface area (Å²) in [7, 11) is 1.90. The van der Waals surface area contributed by atoms with Gasteiger partial charge in [-0.25, -0.2) is 4.39 Å². The van der Waals surface area contributed by atoms with Crippen molar-refractivity contribution in [3.63, 3.8) is 0 Å². The standard InChI is InChI=1S/C15H16FNO/c1-11-3-6-14(7-4-11)17(2)15-8-5-13(16)9-12(15)10-18/h3-9,18H,10H2,1-2H3. The van der Waals surface area contributed by atoms with E-state index in [4.69, 9.17) is 0 Å². The minimum Gasteiger partial charge on any atom is -0.392 e. The normalized spacial score (nSPS) is 10.4. The summed E-state index contributed by atoms with van der Waals surface area (Å²) >= 11 is 0. The number of halogens is 1. The second-order valence-corrected chi connectivity index (χ2v) is 4.33. The van der Waals surface area contributed by atoms with E-state index in [1.54, 1.807) is 6.07 Å². The van der Waals surface area contributed by atoms with Crippen LogP contribution in [0.4, 0.5) is 15.8 Å². The first kappa shape index (κ1) is 12.6. The highest BCUT2D eigenvalue weighted by Gasteiger charge is 2.09. The number of nitrogens with zero attached hydrogens (tertiary/aromatic N) is 1. The summed E-state index contributed by atoms with van der Waals surface area (Å²) in [6.45, 7) is 1.85. The van der Waals surface area contributed by atoms with Crippen LogP contribution in [0, 0.1) is 12.7 Å². The number of aryl methyl sites for hydroxylation is 1. The summed E-state index contributed by atoms with van der Waals surface area (Å²) in [6.07, 6.45) is 0. The Morgan fingerprint density at radius 2 is 1.78 bits per heavy atom. The SMILES string of the molecule is Cc1ccc(N(C)c2ccc(F)cc2CO)cc1. The quantitative estimate of drug-likeness (QED) is 0.896. The maximum absolute atomic E-state index is 13.1. The van der Waals surface area contributed by atoms with Gasteiger partial charge in [0.2, 0.25) is 0 Å². The van der Waals surface area contributed by atoms with Crippen LogP contribution in [0.3, 0.4) is 0 Å². The van der Waals surface area contributed by atoms with Gasteiger partial charge >= 0.3 is 0 Å². The Bertz CT molecular complexity index is 537. The van der Waals surface area contributed by atoms with Gasteiger partial charge in [-0.1, -0.05) is 17.7 Å². The molecular weight excluding hydrogens is 229 g/mol. The molecule has 0 bridgehead atoms. The molecule has 2 nitrogen and oxygen atoms in total. The highest BCUT2D eigenvalue weighted by molar-refractivity contribution is 5.65. The number of benzene rings is 2. The summed E-state index contributed by atoms with van der Waals surface area (Å²) < 4.78 is 13.1. The van der Waals surface area contributed by atoms with Crippen molar-refractivity contribution in [1.29, 1.82) is 0 Å². The second kappa shape index (κ2) is 5.19. The predicted molar refractivity (Wildman–Crippen MR) is 71.6 cm³/mol. The third kappa shape index (κ3) is 2.51. The van der Waals surface area contributed by atoms with Crippen molar-refractivity contribution >= 4 is 11.4 Å². The van der Waals surface area contributed by atoms with Crippen molar-refractivity contribution in [2.75, 3.05) is 11.9 Å². The molecule has 18 heavy (non-hydrogen) atoms. The van der Waals surface area contributed by atoms with Crippen LogP contribution in [-0.4, -0.2) is 12.2 Å². The van der Waals surface area contributed by atoms with Crippen LogP contribution in [0.2, 0.25) is 0 Å². The molecule has 94 valence electrons. The van der Waals surface area contributed by atoms with Gasteiger partial charge in [0, 0.05) is 24.0 Å². The molecule has 2 aromatic rings. The summed E-state index contributed by atoms with van der Waals surface area (Å²) in [4.78, 5) is 1.93. The summed E-state index contributed by atoms with van der Waals surface area (Å²) in [5.74, 6) is -0.333. The van der Waals surface area contributed by atoms with Crippen LogP contribution < -0.4 is 4.90 Å². The smallest absolute Gasteiger partial charge is 0.123 e. The van der Waals surface area contributed by atoms with Crippen LogP contribution in [0.1, 0.15) is 11.1 Å². The van der Waals surface area contributed by atoms with Gasteiger partial charge in [-0.05, 0) is 37.3 Å². The van der Waals surface area contributed by atoms with E-state index < -0.39 is 0 Å². The Kier molecular flexibility index (Phi) is 3.63. The van der Waals surface area contributed by atoms with E-state index in [1.807, 2.05) is 43.1 Å². The lowest BCUT2D eigenvalue weighted by Gasteiger charge is -2.22. The summed E-state index contributed by atoms with van der Waals surface area (Å²) in [5, 5.41) is 9.29. The Labute approximate surface area is 106 Å². The predicted octanol–water partition coefficient (Wildman–Crippen LogP) is 3.39. The van der Waals surface area contributed by atoms with Gasteiger partial charge in [-0.2, -0.15) is 0 Å². The number of hydrogen-bond acceptors (Lipinski definition) is 2. The van der Waals surface area contributed by atoms with Crippen molar-refractivity contribution in [2.45, 2.75) is 13.5 Å². The molecule has 3 heteroatoms. The van der Waals surface area contributed by atoms with Crippen LogP contribution in [-0.2, 0) is 6.61 Å².